The van der Waals surface area contributed by atoms with Crippen molar-refractivity contribution >= 4 is 28.5 Å². The summed E-state index contributed by atoms with van der Waals surface area (Å²) in [5.41, 5.74) is 1.48. The first-order chi connectivity index (χ1) is 12.0. The Morgan fingerprint density at radius 1 is 1.16 bits per heavy atom. The molecule has 25 heavy (non-hydrogen) atoms. The van der Waals surface area contributed by atoms with Crippen LogP contribution in [0.5, 0.6) is 5.75 Å². The standard InChI is InChI=1S/C17H21FN2O5/c1-4-24-15(21)8-13-17(19-9-16(22)25-5-2)10-6-14(23-3)11(18)7-12(10)20-13/h6-7,19-20H,4-5,8-9H2,1-3H3. The van der Waals surface area contributed by atoms with E-state index >= 15 is 0 Å². The second kappa shape index (κ2) is 8.36. The number of esters is 2. The van der Waals surface area contributed by atoms with Crippen LogP contribution in [0.3, 0.4) is 0 Å². The molecule has 7 nitrogen and oxygen atoms in total. The summed E-state index contributed by atoms with van der Waals surface area (Å²) in [5, 5.41) is 3.55. The van der Waals surface area contributed by atoms with Crippen molar-refractivity contribution in [3.05, 3.63) is 23.6 Å². The van der Waals surface area contributed by atoms with Crippen molar-refractivity contribution in [1.29, 1.82) is 0 Å². The summed E-state index contributed by atoms with van der Waals surface area (Å²) < 4.78 is 28.8. The van der Waals surface area contributed by atoms with E-state index in [2.05, 4.69) is 10.3 Å². The van der Waals surface area contributed by atoms with Crippen molar-refractivity contribution in [1.82, 2.24) is 4.98 Å². The highest BCUT2D eigenvalue weighted by Gasteiger charge is 2.18. The van der Waals surface area contributed by atoms with E-state index in [1.54, 1.807) is 13.8 Å². The van der Waals surface area contributed by atoms with Gasteiger partial charge in [0, 0.05) is 11.5 Å². The van der Waals surface area contributed by atoms with Crippen LogP contribution in [0.2, 0.25) is 0 Å². The minimum absolute atomic E-state index is 0.0440. The van der Waals surface area contributed by atoms with Crippen LogP contribution < -0.4 is 10.1 Å². The molecule has 1 aromatic heterocycles. The zero-order valence-corrected chi connectivity index (χ0v) is 14.4. The molecule has 0 radical (unpaired) electrons. The number of H-pyrrole nitrogens is 1. The third kappa shape index (κ3) is 4.40. The van der Waals surface area contributed by atoms with Crippen LogP contribution in [0.4, 0.5) is 10.1 Å². The maximum atomic E-state index is 13.9. The zero-order chi connectivity index (χ0) is 18.4. The number of anilines is 1. The Labute approximate surface area is 144 Å². The molecule has 1 aromatic carbocycles. The number of methoxy groups -OCH3 is 1. The first kappa shape index (κ1) is 18.6. The summed E-state index contributed by atoms with van der Waals surface area (Å²) in [6.45, 7) is 3.86. The lowest BCUT2D eigenvalue weighted by Gasteiger charge is -2.09. The minimum atomic E-state index is -0.532. The smallest absolute Gasteiger partial charge is 0.325 e. The number of hydrogen-bond acceptors (Lipinski definition) is 6. The number of aromatic nitrogens is 1. The molecule has 0 saturated heterocycles. The van der Waals surface area contributed by atoms with Gasteiger partial charge in [-0.15, -0.1) is 0 Å². The van der Waals surface area contributed by atoms with Crippen LogP contribution in [0, 0.1) is 5.82 Å². The lowest BCUT2D eigenvalue weighted by molar-refractivity contribution is -0.142. The molecule has 0 aliphatic carbocycles. The molecular weight excluding hydrogens is 331 g/mol. The molecule has 0 fully saturated rings. The number of ether oxygens (including phenoxy) is 3. The molecule has 1 heterocycles. The van der Waals surface area contributed by atoms with Gasteiger partial charge in [0.1, 0.15) is 6.54 Å². The highest BCUT2D eigenvalue weighted by atomic mass is 19.1. The molecule has 2 rings (SSSR count). The van der Waals surface area contributed by atoms with Crippen LogP contribution in [0.25, 0.3) is 10.9 Å². The molecule has 136 valence electrons. The molecule has 8 heteroatoms. The lowest BCUT2D eigenvalue weighted by Crippen LogP contribution is -2.18. The van der Waals surface area contributed by atoms with Gasteiger partial charge in [-0.05, 0) is 19.9 Å². The summed E-state index contributed by atoms with van der Waals surface area (Å²) in [6, 6.07) is 2.78. The van der Waals surface area contributed by atoms with Gasteiger partial charge in [0.2, 0.25) is 0 Å². The van der Waals surface area contributed by atoms with Gasteiger partial charge in [0.05, 0.1) is 43.6 Å². The van der Waals surface area contributed by atoms with Crippen molar-refractivity contribution in [2.45, 2.75) is 20.3 Å². The predicted molar refractivity (Wildman–Crippen MR) is 90.3 cm³/mol. The number of nitrogens with one attached hydrogen (secondary N) is 2. The molecule has 0 amide bonds. The Hall–Kier alpha value is -2.77. The minimum Gasteiger partial charge on any atom is -0.494 e. The van der Waals surface area contributed by atoms with Crippen LogP contribution in [-0.4, -0.2) is 43.8 Å². The number of fused-ring (bicyclic) bond motifs is 1. The molecule has 2 N–H and O–H groups in total. The maximum Gasteiger partial charge on any atom is 0.325 e. The van der Waals surface area contributed by atoms with E-state index in [0.717, 1.165) is 0 Å². The quantitative estimate of drug-likeness (QED) is 0.709. The van der Waals surface area contributed by atoms with Gasteiger partial charge in [-0.25, -0.2) is 4.39 Å². The number of aromatic amines is 1. The van der Waals surface area contributed by atoms with Gasteiger partial charge in [-0.3, -0.25) is 9.59 Å². The second-order valence-corrected chi connectivity index (χ2v) is 5.15. The number of carbonyl (C=O) groups is 2. The Morgan fingerprint density at radius 3 is 2.48 bits per heavy atom. The third-order valence-electron chi connectivity index (χ3n) is 3.49. The molecule has 0 atom stereocenters. The fourth-order valence-electron chi connectivity index (χ4n) is 2.47. The molecule has 0 saturated carbocycles. The van der Waals surface area contributed by atoms with Crippen molar-refractivity contribution in [3.63, 3.8) is 0 Å². The predicted octanol–water partition coefficient (Wildman–Crippen LogP) is 2.40. The van der Waals surface area contributed by atoms with Crippen LogP contribution in [-0.2, 0) is 25.5 Å². The molecule has 0 spiro atoms. The van der Waals surface area contributed by atoms with E-state index in [1.807, 2.05) is 0 Å². The molecular formula is C17H21FN2O5. The molecule has 0 aliphatic heterocycles. The van der Waals surface area contributed by atoms with Gasteiger partial charge in [0.15, 0.2) is 11.6 Å². The van der Waals surface area contributed by atoms with Gasteiger partial charge in [0.25, 0.3) is 0 Å². The van der Waals surface area contributed by atoms with E-state index in [-0.39, 0.29) is 31.9 Å². The summed E-state index contributed by atoms with van der Waals surface area (Å²) >= 11 is 0. The number of carbonyl (C=O) groups excluding carboxylic acids is 2. The normalized spacial score (nSPS) is 10.6. The van der Waals surface area contributed by atoms with E-state index in [0.29, 0.717) is 22.3 Å². The largest absolute Gasteiger partial charge is 0.494 e. The topological polar surface area (TPSA) is 89.6 Å². The van der Waals surface area contributed by atoms with Crippen LogP contribution in [0.15, 0.2) is 12.1 Å². The SMILES string of the molecule is CCOC(=O)CNc1c(CC(=O)OCC)[nH]c2cc(F)c(OC)cc12. The van der Waals surface area contributed by atoms with E-state index in [4.69, 9.17) is 14.2 Å². The average Bonchev–Trinajstić information content (AvgIpc) is 2.88. The fourth-order valence-corrected chi connectivity index (χ4v) is 2.47. The van der Waals surface area contributed by atoms with Gasteiger partial charge in [-0.2, -0.15) is 0 Å². The fraction of sp³-hybridized carbons (Fsp3) is 0.412. The number of rotatable bonds is 8. The Kier molecular flexibility index (Phi) is 6.21. The van der Waals surface area contributed by atoms with E-state index in [9.17, 15) is 14.0 Å². The van der Waals surface area contributed by atoms with Crippen molar-refractivity contribution in [2.24, 2.45) is 0 Å². The Balaban J connectivity index is 2.40. The number of hydrogen-bond donors (Lipinski definition) is 2. The van der Waals surface area contributed by atoms with Crippen LogP contribution >= 0.6 is 0 Å². The molecule has 2 aromatic rings. The van der Waals surface area contributed by atoms with Gasteiger partial charge < -0.3 is 24.5 Å². The zero-order valence-electron chi connectivity index (χ0n) is 14.4. The molecule has 0 bridgehead atoms. The number of halogens is 1. The van der Waals surface area contributed by atoms with E-state index < -0.39 is 17.8 Å². The summed E-state index contributed by atoms with van der Waals surface area (Å²) in [5.74, 6) is -1.34. The Bertz CT molecular complexity index is 772. The van der Waals surface area contributed by atoms with Crippen molar-refractivity contribution in [3.8, 4) is 5.75 Å². The monoisotopic (exact) mass is 352 g/mol. The highest BCUT2D eigenvalue weighted by Crippen LogP contribution is 2.33. The second-order valence-electron chi connectivity index (χ2n) is 5.15. The van der Waals surface area contributed by atoms with Gasteiger partial charge >= 0.3 is 11.9 Å². The molecule has 0 aliphatic rings. The first-order valence-electron chi connectivity index (χ1n) is 7.93. The average molecular weight is 352 g/mol. The summed E-state index contributed by atoms with van der Waals surface area (Å²) in [7, 11) is 1.36. The van der Waals surface area contributed by atoms with Crippen LogP contribution in [0.1, 0.15) is 19.5 Å². The lowest BCUT2D eigenvalue weighted by atomic mass is 10.2. The van der Waals surface area contributed by atoms with Gasteiger partial charge in [-0.1, -0.05) is 0 Å². The highest BCUT2D eigenvalue weighted by molar-refractivity contribution is 5.97. The maximum absolute atomic E-state index is 13.9. The summed E-state index contributed by atoms with van der Waals surface area (Å²) in [6.07, 6.45) is -0.0440. The third-order valence-corrected chi connectivity index (χ3v) is 3.49. The van der Waals surface area contributed by atoms with Crippen molar-refractivity contribution in [2.75, 3.05) is 32.2 Å². The van der Waals surface area contributed by atoms with Crippen molar-refractivity contribution < 1.29 is 28.2 Å². The first-order valence-corrected chi connectivity index (χ1v) is 7.93. The van der Waals surface area contributed by atoms with E-state index in [1.165, 1.54) is 19.2 Å². The Morgan fingerprint density at radius 2 is 1.84 bits per heavy atom. The summed E-state index contributed by atoms with van der Waals surface area (Å²) in [4.78, 5) is 26.4. The molecule has 0 unspecified atom stereocenters. The number of benzene rings is 1.